The number of non-ortho nitro benzene ring substituents is 1. The molecule has 0 aliphatic rings. The summed E-state index contributed by atoms with van der Waals surface area (Å²) in [7, 11) is 0. The Morgan fingerprint density at radius 1 is 1.30 bits per heavy atom. The summed E-state index contributed by atoms with van der Waals surface area (Å²) >= 11 is 0. The number of ether oxygens (including phenoxy) is 1. The molecule has 0 heterocycles. The van der Waals surface area contributed by atoms with Gasteiger partial charge in [-0.05, 0) is 19.9 Å². The fourth-order valence-electron chi connectivity index (χ4n) is 1.63. The van der Waals surface area contributed by atoms with Gasteiger partial charge in [0.2, 0.25) is 0 Å². The fraction of sp³-hybridized carbons (Fsp3) is 0.357. The first-order valence-electron chi connectivity index (χ1n) is 6.85. The second kappa shape index (κ2) is 8.47. The van der Waals surface area contributed by atoms with E-state index < -0.39 is 35.4 Å². The quantitative estimate of drug-likeness (QED) is 0.424. The number of benzene rings is 1. The van der Waals surface area contributed by atoms with Crippen LogP contribution in [0.25, 0.3) is 0 Å². The number of esters is 1. The van der Waals surface area contributed by atoms with E-state index in [2.05, 4.69) is 10.6 Å². The van der Waals surface area contributed by atoms with E-state index in [-0.39, 0.29) is 11.3 Å². The van der Waals surface area contributed by atoms with Crippen LogP contribution in [0.5, 0.6) is 0 Å². The summed E-state index contributed by atoms with van der Waals surface area (Å²) in [5.41, 5.74) is -0.186. The Labute approximate surface area is 132 Å². The van der Waals surface area contributed by atoms with E-state index in [0.29, 0.717) is 6.54 Å². The van der Waals surface area contributed by atoms with Gasteiger partial charge in [-0.15, -0.1) is 0 Å². The van der Waals surface area contributed by atoms with E-state index in [1.807, 2.05) is 0 Å². The lowest BCUT2D eigenvalue weighted by Gasteiger charge is -2.12. The van der Waals surface area contributed by atoms with E-state index in [0.717, 1.165) is 6.07 Å². The summed E-state index contributed by atoms with van der Waals surface area (Å²) in [6.07, 6.45) is -0.975. The van der Waals surface area contributed by atoms with Crippen LogP contribution in [0.15, 0.2) is 24.3 Å². The number of rotatable bonds is 7. The van der Waals surface area contributed by atoms with Gasteiger partial charge in [-0.2, -0.15) is 0 Å². The molecule has 0 saturated carbocycles. The highest BCUT2D eigenvalue weighted by Crippen LogP contribution is 2.12. The molecule has 0 unspecified atom stereocenters. The number of carbonyl (C=O) groups excluding carboxylic acids is 3. The number of carbonyl (C=O) groups is 3. The zero-order valence-corrected chi connectivity index (χ0v) is 12.7. The molecule has 0 spiro atoms. The number of hydrogen-bond acceptors (Lipinski definition) is 6. The predicted molar refractivity (Wildman–Crippen MR) is 79.7 cm³/mol. The average Bonchev–Trinajstić information content (AvgIpc) is 2.52. The van der Waals surface area contributed by atoms with Gasteiger partial charge < -0.3 is 15.4 Å². The molecule has 0 aromatic heterocycles. The summed E-state index contributed by atoms with van der Waals surface area (Å²) in [5, 5.41) is 15.4. The van der Waals surface area contributed by atoms with E-state index >= 15 is 0 Å². The summed E-state index contributed by atoms with van der Waals surface area (Å²) in [4.78, 5) is 44.8. The van der Waals surface area contributed by atoms with Crippen LogP contribution in [0.3, 0.4) is 0 Å². The van der Waals surface area contributed by atoms with Crippen LogP contribution in [0, 0.1) is 10.1 Å². The van der Waals surface area contributed by atoms with Gasteiger partial charge in [0.15, 0.2) is 6.10 Å². The highest BCUT2D eigenvalue weighted by atomic mass is 16.6. The van der Waals surface area contributed by atoms with Gasteiger partial charge in [0.05, 0.1) is 4.92 Å². The topological polar surface area (TPSA) is 128 Å². The van der Waals surface area contributed by atoms with Gasteiger partial charge in [-0.25, -0.2) is 0 Å². The minimum Gasteiger partial charge on any atom is -0.451 e. The summed E-state index contributed by atoms with van der Waals surface area (Å²) in [5.74, 6) is -1.88. The lowest BCUT2D eigenvalue weighted by molar-refractivity contribution is -0.384. The van der Waals surface area contributed by atoms with Crippen molar-refractivity contribution in [1.82, 2.24) is 10.6 Å². The molecule has 124 valence electrons. The fourth-order valence-corrected chi connectivity index (χ4v) is 1.63. The molecule has 1 aromatic rings. The first-order chi connectivity index (χ1) is 10.8. The zero-order chi connectivity index (χ0) is 17.4. The predicted octanol–water partition coefficient (Wildman–Crippen LogP) is 0.392. The molecule has 0 aliphatic carbocycles. The average molecular weight is 323 g/mol. The Kier molecular flexibility index (Phi) is 6.66. The van der Waals surface area contributed by atoms with Crippen LogP contribution in [-0.2, 0) is 14.3 Å². The highest BCUT2D eigenvalue weighted by molar-refractivity contribution is 5.96. The van der Waals surface area contributed by atoms with E-state index in [1.165, 1.54) is 25.1 Å². The van der Waals surface area contributed by atoms with Gasteiger partial charge in [-0.1, -0.05) is 6.07 Å². The van der Waals surface area contributed by atoms with Gasteiger partial charge in [0, 0.05) is 24.2 Å². The maximum absolute atomic E-state index is 11.8. The van der Waals surface area contributed by atoms with Crippen LogP contribution in [0.4, 0.5) is 5.69 Å². The lowest BCUT2D eigenvalue weighted by Crippen LogP contribution is -2.38. The third-order valence-electron chi connectivity index (χ3n) is 2.74. The van der Waals surface area contributed by atoms with Gasteiger partial charge in [0.25, 0.3) is 17.5 Å². The van der Waals surface area contributed by atoms with E-state index in [1.54, 1.807) is 6.92 Å². The summed E-state index contributed by atoms with van der Waals surface area (Å²) < 4.78 is 4.84. The normalized spacial score (nSPS) is 11.2. The molecule has 9 nitrogen and oxygen atoms in total. The van der Waals surface area contributed by atoms with Gasteiger partial charge >= 0.3 is 5.97 Å². The summed E-state index contributed by atoms with van der Waals surface area (Å²) in [6.45, 7) is 3.09. The van der Waals surface area contributed by atoms with E-state index in [4.69, 9.17) is 4.74 Å². The molecule has 1 aromatic carbocycles. The maximum atomic E-state index is 11.8. The first kappa shape index (κ1) is 18.1. The third-order valence-corrected chi connectivity index (χ3v) is 2.74. The molecule has 1 rings (SSSR count). The standard InChI is InChI=1S/C14H17N3O6/c1-3-15-13(19)9(2)23-12(18)8-16-14(20)10-5-4-6-11(7-10)17(21)22/h4-7,9H,3,8H2,1-2H3,(H,15,19)(H,16,20)/t9-/m0/s1. The van der Waals surface area contributed by atoms with Crippen LogP contribution in [0.1, 0.15) is 24.2 Å². The van der Waals surface area contributed by atoms with Crippen LogP contribution in [-0.4, -0.2) is 41.9 Å². The Balaban J connectivity index is 2.52. The minimum absolute atomic E-state index is 0.0452. The van der Waals surface area contributed by atoms with Crippen molar-refractivity contribution < 1.29 is 24.0 Å². The minimum atomic E-state index is -0.975. The van der Waals surface area contributed by atoms with Crippen molar-refractivity contribution in [2.45, 2.75) is 20.0 Å². The number of nitro groups is 1. The zero-order valence-electron chi connectivity index (χ0n) is 12.7. The number of amides is 2. The van der Waals surface area contributed by atoms with Crippen molar-refractivity contribution in [3.8, 4) is 0 Å². The Hall–Kier alpha value is -2.97. The molecule has 2 N–H and O–H groups in total. The third kappa shape index (κ3) is 5.73. The molecule has 0 fully saturated rings. The molecule has 23 heavy (non-hydrogen) atoms. The SMILES string of the molecule is CCNC(=O)[C@H](C)OC(=O)CNC(=O)c1cccc([N+](=O)[O-])c1. The molecule has 9 heteroatoms. The molecule has 0 bridgehead atoms. The number of hydrogen-bond donors (Lipinski definition) is 2. The Morgan fingerprint density at radius 2 is 2.00 bits per heavy atom. The number of nitrogens with zero attached hydrogens (tertiary/aromatic N) is 1. The first-order valence-corrected chi connectivity index (χ1v) is 6.85. The van der Waals surface area contributed by atoms with Crippen molar-refractivity contribution >= 4 is 23.5 Å². The van der Waals surface area contributed by atoms with Crippen molar-refractivity contribution in [3.05, 3.63) is 39.9 Å². The molecule has 2 amide bonds. The second-order valence-corrected chi connectivity index (χ2v) is 4.52. The van der Waals surface area contributed by atoms with Crippen molar-refractivity contribution in [2.75, 3.05) is 13.1 Å². The highest BCUT2D eigenvalue weighted by Gasteiger charge is 2.18. The van der Waals surface area contributed by atoms with E-state index in [9.17, 15) is 24.5 Å². The molecule has 0 saturated heterocycles. The van der Waals surface area contributed by atoms with Gasteiger partial charge in [-0.3, -0.25) is 24.5 Å². The summed E-state index contributed by atoms with van der Waals surface area (Å²) in [6, 6.07) is 5.09. The molecular formula is C14H17N3O6. The van der Waals surface area contributed by atoms with Crippen LogP contribution >= 0.6 is 0 Å². The molecule has 0 radical (unpaired) electrons. The van der Waals surface area contributed by atoms with Crippen molar-refractivity contribution in [3.63, 3.8) is 0 Å². The largest absolute Gasteiger partial charge is 0.451 e. The lowest BCUT2D eigenvalue weighted by atomic mass is 10.2. The molecule has 0 aliphatic heterocycles. The smallest absolute Gasteiger partial charge is 0.326 e. The monoisotopic (exact) mass is 323 g/mol. The Bertz CT molecular complexity index is 616. The van der Waals surface area contributed by atoms with Crippen molar-refractivity contribution in [2.24, 2.45) is 0 Å². The maximum Gasteiger partial charge on any atom is 0.326 e. The van der Waals surface area contributed by atoms with Crippen molar-refractivity contribution in [1.29, 1.82) is 0 Å². The number of likely N-dealkylation sites (N-methyl/N-ethyl adjacent to an activating group) is 1. The Morgan fingerprint density at radius 3 is 2.61 bits per heavy atom. The molecule has 1 atom stereocenters. The second-order valence-electron chi connectivity index (χ2n) is 4.52. The van der Waals surface area contributed by atoms with Crippen LogP contribution < -0.4 is 10.6 Å². The number of nitro benzene ring substituents is 1. The molecular weight excluding hydrogens is 306 g/mol. The number of nitrogens with one attached hydrogen (secondary N) is 2. The van der Waals surface area contributed by atoms with Gasteiger partial charge in [0.1, 0.15) is 6.54 Å². The van der Waals surface area contributed by atoms with Crippen LogP contribution in [0.2, 0.25) is 0 Å².